The average Bonchev–Trinajstić information content (AvgIpc) is 3.24. The molecule has 4 rings (SSSR count). The third-order valence-electron chi connectivity index (χ3n) is 5.50. The molecule has 0 N–H and O–H groups in total. The molecule has 2 aromatic carbocycles. The van der Waals surface area contributed by atoms with Gasteiger partial charge in [-0.15, -0.1) is 0 Å². The number of benzene rings is 2. The van der Waals surface area contributed by atoms with E-state index in [1.165, 1.54) is 5.56 Å². The van der Waals surface area contributed by atoms with Gasteiger partial charge < -0.3 is 9.80 Å². The monoisotopic (exact) mass is 365 g/mol. The van der Waals surface area contributed by atoms with Crippen LogP contribution in [0.2, 0.25) is 5.02 Å². The summed E-state index contributed by atoms with van der Waals surface area (Å²) in [5, 5.41) is 9.84. The number of nitriles is 1. The van der Waals surface area contributed by atoms with Crippen LogP contribution < -0.4 is 4.90 Å². The fourth-order valence-corrected chi connectivity index (χ4v) is 4.31. The van der Waals surface area contributed by atoms with E-state index < -0.39 is 0 Å². The number of carbonyl (C=O) groups is 1. The quantitative estimate of drug-likeness (QED) is 0.757. The maximum atomic E-state index is 13.1. The average molecular weight is 366 g/mol. The van der Waals surface area contributed by atoms with E-state index in [1.54, 1.807) is 4.90 Å². The number of hydrogen-bond donors (Lipinski definition) is 0. The van der Waals surface area contributed by atoms with E-state index in [1.807, 2.05) is 41.3 Å². The van der Waals surface area contributed by atoms with Crippen LogP contribution in [0.4, 0.5) is 5.69 Å². The van der Waals surface area contributed by atoms with Crippen LogP contribution in [0.25, 0.3) is 11.1 Å². The van der Waals surface area contributed by atoms with Crippen molar-refractivity contribution < 1.29 is 4.79 Å². The van der Waals surface area contributed by atoms with Gasteiger partial charge in [0.2, 0.25) is 5.91 Å². The number of likely N-dealkylation sites (tertiary alicyclic amines) is 1. The largest absolute Gasteiger partial charge is 0.312 e. The first-order valence-electron chi connectivity index (χ1n) is 8.92. The first-order valence-corrected chi connectivity index (χ1v) is 9.30. The van der Waals surface area contributed by atoms with Crippen molar-refractivity contribution in [2.75, 3.05) is 24.5 Å². The summed E-state index contributed by atoms with van der Waals surface area (Å²) in [6.45, 7) is 3.95. The Hall–Kier alpha value is -2.51. The van der Waals surface area contributed by atoms with Crippen molar-refractivity contribution in [2.24, 2.45) is 11.8 Å². The molecule has 2 aliphatic heterocycles. The molecule has 4 nitrogen and oxygen atoms in total. The van der Waals surface area contributed by atoms with Gasteiger partial charge in [-0.05, 0) is 41.7 Å². The first-order chi connectivity index (χ1) is 12.6. The highest BCUT2D eigenvalue weighted by Crippen LogP contribution is 2.36. The number of anilines is 1. The molecule has 0 spiro atoms. The molecule has 0 saturated carbocycles. The van der Waals surface area contributed by atoms with E-state index in [2.05, 4.69) is 19.2 Å². The second-order valence-corrected chi connectivity index (χ2v) is 7.56. The van der Waals surface area contributed by atoms with Crippen molar-refractivity contribution in [3.63, 3.8) is 0 Å². The topological polar surface area (TPSA) is 47.3 Å². The maximum absolute atomic E-state index is 13.1. The molecule has 0 aromatic heterocycles. The van der Waals surface area contributed by atoms with Crippen molar-refractivity contribution in [2.45, 2.75) is 13.3 Å². The van der Waals surface area contributed by atoms with Gasteiger partial charge in [0.15, 0.2) is 6.19 Å². The van der Waals surface area contributed by atoms with E-state index in [4.69, 9.17) is 16.9 Å². The van der Waals surface area contributed by atoms with Gasteiger partial charge in [0.05, 0.1) is 5.92 Å². The lowest BCUT2D eigenvalue weighted by atomic mass is 9.96. The van der Waals surface area contributed by atoms with E-state index in [0.717, 1.165) is 28.3 Å². The molecule has 2 unspecified atom stereocenters. The lowest BCUT2D eigenvalue weighted by Crippen LogP contribution is -2.37. The molecule has 1 saturated heterocycles. The molecule has 0 radical (unpaired) electrons. The molecule has 1 amide bonds. The molecule has 26 heavy (non-hydrogen) atoms. The van der Waals surface area contributed by atoms with Crippen LogP contribution in [0.5, 0.6) is 0 Å². The second-order valence-electron chi connectivity index (χ2n) is 7.15. The minimum Gasteiger partial charge on any atom is -0.312 e. The summed E-state index contributed by atoms with van der Waals surface area (Å²) in [5.41, 5.74) is 4.26. The summed E-state index contributed by atoms with van der Waals surface area (Å²) < 4.78 is 0. The molecule has 2 heterocycles. The molecule has 2 aromatic rings. The lowest BCUT2D eigenvalue weighted by Gasteiger charge is -2.23. The van der Waals surface area contributed by atoms with Gasteiger partial charge in [-0.2, -0.15) is 5.26 Å². The Labute approximate surface area is 158 Å². The summed E-state index contributed by atoms with van der Waals surface area (Å²) >= 11 is 6.32. The van der Waals surface area contributed by atoms with Crippen LogP contribution in [-0.2, 0) is 11.2 Å². The molecule has 0 bridgehead atoms. The van der Waals surface area contributed by atoms with E-state index in [-0.39, 0.29) is 17.7 Å². The molecule has 2 atom stereocenters. The first kappa shape index (κ1) is 16.9. The SMILES string of the molecule is CC1CN(C#N)CC1C(=O)N1CCc2cc(-c3ccccc3Cl)ccc21. The van der Waals surface area contributed by atoms with Crippen molar-refractivity contribution in [3.05, 3.63) is 53.1 Å². The Balaban J connectivity index is 1.60. The summed E-state index contributed by atoms with van der Waals surface area (Å²) in [4.78, 5) is 16.6. The fraction of sp³-hybridized carbons (Fsp3) is 0.333. The highest BCUT2D eigenvalue weighted by atomic mass is 35.5. The van der Waals surface area contributed by atoms with Crippen LogP contribution >= 0.6 is 11.6 Å². The number of nitrogens with zero attached hydrogens (tertiary/aromatic N) is 3. The van der Waals surface area contributed by atoms with Crippen molar-refractivity contribution >= 4 is 23.2 Å². The predicted molar refractivity (Wildman–Crippen MR) is 103 cm³/mol. The number of carbonyl (C=O) groups excluding carboxylic acids is 1. The van der Waals surface area contributed by atoms with Crippen molar-refractivity contribution in [1.29, 1.82) is 5.26 Å². The predicted octanol–water partition coefficient (Wildman–Crippen LogP) is 3.95. The normalized spacial score (nSPS) is 21.6. The Kier molecular flexibility index (Phi) is 4.34. The van der Waals surface area contributed by atoms with Crippen LogP contribution in [0, 0.1) is 23.3 Å². The fourth-order valence-electron chi connectivity index (χ4n) is 4.06. The minimum absolute atomic E-state index is 0.108. The Morgan fingerprint density at radius 2 is 2.04 bits per heavy atom. The van der Waals surface area contributed by atoms with Crippen LogP contribution in [0.15, 0.2) is 42.5 Å². The van der Waals surface area contributed by atoms with Gasteiger partial charge in [-0.1, -0.05) is 42.8 Å². The van der Waals surface area contributed by atoms with Gasteiger partial charge in [0.25, 0.3) is 0 Å². The van der Waals surface area contributed by atoms with Crippen LogP contribution in [0.1, 0.15) is 12.5 Å². The minimum atomic E-state index is -0.108. The zero-order valence-corrected chi connectivity index (χ0v) is 15.4. The molecular weight excluding hydrogens is 346 g/mol. The van der Waals surface area contributed by atoms with Crippen molar-refractivity contribution in [1.82, 2.24) is 4.90 Å². The van der Waals surface area contributed by atoms with E-state index in [0.29, 0.717) is 19.6 Å². The highest BCUT2D eigenvalue weighted by Gasteiger charge is 2.38. The van der Waals surface area contributed by atoms with Crippen LogP contribution in [-0.4, -0.2) is 30.4 Å². The maximum Gasteiger partial charge on any atom is 0.232 e. The third kappa shape index (κ3) is 2.83. The van der Waals surface area contributed by atoms with Gasteiger partial charge in [-0.3, -0.25) is 4.79 Å². The summed E-state index contributed by atoms with van der Waals surface area (Å²) in [6, 6.07) is 14.0. The van der Waals surface area contributed by atoms with Crippen LogP contribution in [0.3, 0.4) is 0 Å². The Morgan fingerprint density at radius 3 is 2.77 bits per heavy atom. The highest BCUT2D eigenvalue weighted by molar-refractivity contribution is 6.33. The zero-order chi connectivity index (χ0) is 18.3. The van der Waals surface area contributed by atoms with Crippen molar-refractivity contribution in [3.8, 4) is 17.3 Å². The van der Waals surface area contributed by atoms with Gasteiger partial charge >= 0.3 is 0 Å². The molecule has 132 valence electrons. The third-order valence-corrected chi connectivity index (χ3v) is 5.83. The van der Waals surface area contributed by atoms with E-state index >= 15 is 0 Å². The standard InChI is InChI=1S/C21H20ClN3O/c1-14-11-24(13-23)12-18(14)21(26)25-9-8-16-10-15(6-7-20(16)25)17-4-2-3-5-19(17)22/h2-7,10,14,18H,8-9,11-12H2,1H3. The molecule has 5 heteroatoms. The summed E-state index contributed by atoms with van der Waals surface area (Å²) in [5.74, 6) is 0.233. The zero-order valence-electron chi connectivity index (χ0n) is 14.7. The molecule has 1 fully saturated rings. The summed E-state index contributed by atoms with van der Waals surface area (Å²) in [7, 11) is 0. The molecule has 2 aliphatic rings. The second kappa shape index (κ2) is 6.66. The number of rotatable bonds is 2. The Morgan fingerprint density at radius 1 is 1.23 bits per heavy atom. The van der Waals surface area contributed by atoms with Gasteiger partial charge in [-0.25, -0.2) is 0 Å². The number of halogens is 1. The smallest absolute Gasteiger partial charge is 0.232 e. The Bertz CT molecular complexity index is 904. The van der Waals surface area contributed by atoms with E-state index in [9.17, 15) is 4.79 Å². The molecular formula is C21H20ClN3O. The number of fused-ring (bicyclic) bond motifs is 1. The number of hydrogen-bond acceptors (Lipinski definition) is 3. The molecule has 0 aliphatic carbocycles. The number of amides is 1. The lowest BCUT2D eigenvalue weighted by molar-refractivity contribution is -0.122. The summed E-state index contributed by atoms with van der Waals surface area (Å²) in [6.07, 6.45) is 3.02. The van der Waals surface area contributed by atoms with Gasteiger partial charge in [0.1, 0.15) is 0 Å². The van der Waals surface area contributed by atoms with Gasteiger partial charge in [0, 0.05) is 35.9 Å².